The summed E-state index contributed by atoms with van der Waals surface area (Å²) in [6.07, 6.45) is 0. The highest BCUT2D eigenvalue weighted by Gasteiger charge is 2.33. The quantitative estimate of drug-likeness (QED) is 0.741. The number of fused-ring (bicyclic) bond motifs is 3. The number of hydrogen-bond donors (Lipinski definition) is 2. The predicted octanol–water partition coefficient (Wildman–Crippen LogP) is 2.52. The highest BCUT2D eigenvalue weighted by Crippen LogP contribution is 2.42. The summed E-state index contributed by atoms with van der Waals surface area (Å²) < 4.78 is 32.6. The summed E-state index contributed by atoms with van der Waals surface area (Å²) in [5, 5.41) is 5.86. The molecule has 2 heterocycles. The zero-order valence-corrected chi connectivity index (χ0v) is 17.8. The zero-order chi connectivity index (χ0) is 21.5. The molecule has 4 rings (SSSR count). The Morgan fingerprint density at radius 3 is 2.70 bits per heavy atom. The van der Waals surface area contributed by atoms with Crippen LogP contribution in [-0.4, -0.2) is 44.8 Å². The summed E-state index contributed by atoms with van der Waals surface area (Å²) in [6, 6.07) is 10.1. The van der Waals surface area contributed by atoms with Crippen LogP contribution in [0.4, 0.5) is 17.1 Å². The number of benzene rings is 2. The number of methoxy groups -OCH3 is 1. The van der Waals surface area contributed by atoms with Crippen molar-refractivity contribution in [1.29, 1.82) is 0 Å². The van der Waals surface area contributed by atoms with Gasteiger partial charge in [0.25, 0.3) is 15.9 Å². The molecule has 0 aliphatic carbocycles. The van der Waals surface area contributed by atoms with Crippen molar-refractivity contribution < 1.29 is 22.7 Å². The SMILES string of the molecule is COc1ccc(NC(C)=O)cc1NC(=O)c1ccc2c(c1)SC1=NS(=O)(=O)CCN12. The molecule has 2 aliphatic heterocycles. The molecule has 0 radical (unpaired) electrons. The van der Waals surface area contributed by atoms with Crippen LogP contribution in [0.25, 0.3) is 0 Å². The maximum absolute atomic E-state index is 12.8. The number of thioether (sulfide) groups is 1. The van der Waals surface area contributed by atoms with E-state index in [-0.39, 0.29) is 17.6 Å². The smallest absolute Gasteiger partial charge is 0.257 e. The molecule has 0 aromatic heterocycles. The molecule has 0 spiro atoms. The number of anilines is 3. The molecule has 2 amide bonds. The molecule has 11 heteroatoms. The van der Waals surface area contributed by atoms with Gasteiger partial charge in [-0.2, -0.15) is 0 Å². The number of nitrogens with zero attached hydrogens (tertiary/aromatic N) is 2. The van der Waals surface area contributed by atoms with E-state index in [9.17, 15) is 18.0 Å². The minimum Gasteiger partial charge on any atom is -0.495 e. The number of sulfonamides is 1. The maximum Gasteiger partial charge on any atom is 0.257 e. The Labute approximate surface area is 177 Å². The molecule has 2 aromatic rings. The third kappa shape index (κ3) is 3.98. The van der Waals surface area contributed by atoms with Crippen LogP contribution in [0.2, 0.25) is 0 Å². The lowest BCUT2D eigenvalue weighted by molar-refractivity contribution is -0.114. The fourth-order valence-corrected chi connectivity index (χ4v) is 5.45. The van der Waals surface area contributed by atoms with Gasteiger partial charge in [0, 0.05) is 29.6 Å². The molecular weight excluding hydrogens is 428 g/mol. The molecule has 0 bridgehead atoms. The van der Waals surface area contributed by atoms with E-state index in [0.29, 0.717) is 34.4 Å². The Morgan fingerprint density at radius 1 is 1.17 bits per heavy atom. The Balaban J connectivity index is 1.59. The topological polar surface area (TPSA) is 117 Å². The molecule has 0 unspecified atom stereocenters. The molecule has 2 aliphatic rings. The largest absolute Gasteiger partial charge is 0.495 e. The fourth-order valence-electron chi connectivity index (χ4n) is 3.15. The molecular formula is C19H18N4O5S2. The van der Waals surface area contributed by atoms with Crippen LogP contribution in [0.5, 0.6) is 5.75 Å². The first-order valence-electron chi connectivity index (χ1n) is 8.95. The van der Waals surface area contributed by atoms with Crippen molar-refractivity contribution in [2.45, 2.75) is 11.8 Å². The van der Waals surface area contributed by atoms with Crippen molar-refractivity contribution in [3.05, 3.63) is 42.0 Å². The summed E-state index contributed by atoms with van der Waals surface area (Å²) in [5.74, 6) is -0.182. The summed E-state index contributed by atoms with van der Waals surface area (Å²) in [6.45, 7) is 1.73. The molecule has 156 valence electrons. The number of nitrogens with one attached hydrogen (secondary N) is 2. The molecule has 30 heavy (non-hydrogen) atoms. The first-order valence-corrected chi connectivity index (χ1v) is 11.4. The first kappa shape index (κ1) is 20.2. The van der Waals surface area contributed by atoms with Crippen LogP contribution in [0.1, 0.15) is 17.3 Å². The third-order valence-electron chi connectivity index (χ3n) is 4.50. The van der Waals surface area contributed by atoms with E-state index in [1.54, 1.807) is 36.4 Å². The van der Waals surface area contributed by atoms with Crippen molar-refractivity contribution in [3.8, 4) is 5.75 Å². The number of ether oxygens (including phenoxy) is 1. The standard InChI is InChI=1S/C19H18N4O5S2/c1-11(24)20-13-4-6-16(28-2)14(10-13)21-18(25)12-3-5-15-17(9-12)29-19-22-30(26,27)8-7-23(15)19/h3-6,9-10H,7-8H2,1-2H3,(H,20,24)(H,21,25). The number of carbonyl (C=O) groups is 2. The molecule has 0 atom stereocenters. The maximum atomic E-state index is 12.8. The molecule has 0 fully saturated rings. The van der Waals surface area contributed by atoms with Gasteiger partial charge in [-0.1, -0.05) is 0 Å². The van der Waals surface area contributed by atoms with Crippen LogP contribution in [0.15, 0.2) is 45.7 Å². The number of amides is 2. The first-order chi connectivity index (χ1) is 14.3. The Hall–Kier alpha value is -3.05. The summed E-state index contributed by atoms with van der Waals surface area (Å²) in [5.41, 5.74) is 2.17. The number of amidine groups is 1. The summed E-state index contributed by atoms with van der Waals surface area (Å²) >= 11 is 1.22. The van der Waals surface area contributed by atoms with E-state index in [1.165, 1.54) is 25.8 Å². The van der Waals surface area contributed by atoms with Crippen LogP contribution in [-0.2, 0) is 14.8 Å². The van der Waals surface area contributed by atoms with Crippen molar-refractivity contribution >= 4 is 55.8 Å². The van der Waals surface area contributed by atoms with Crippen molar-refractivity contribution in [2.24, 2.45) is 4.40 Å². The van der Waals surface area contributed by atoms with E-state index >= 15 is 0 Å². The van der Waals surface area contributed by atoms with Crippen molar-refractivity contribution in [2.75, 3.05) is 34.9 Å². The molecule has 2 N–H and O–H groups in total. The van der Waals surface area contributed by atoms with Gasteiger partial charge in [-0.05, 0) is 48.2 Å². The van der Waals surface area contributed by atoms with Crippen LogP contribution >= 0.6 is 11.8 Å². The average molecular weight is 447 g/mol. The normalized spacial score (nSPS) is 16.2. The lowest BCUT2D eigenvalue weighted by Crippen LogP contribution is -2.35. The highest BCUT2D eigenvalue weighted by atomic mass is 32.2. The minimum atomic E-state index is -3.44. The van der Waals surface area contributed by atoms with Gasteiger partial charge in [-0.3, -0.25) is 9.59 Å². The lowest BCUT2D eigenvalue weighted by Gasteiger charge is -2.22. The second kappa shape index (κ2) is 7.65. The number of hydrogen-bond acceptors (Lipinski definition) is 7. The van der Waals surface area contributed by atoms with E-state index in [4.69, 9.17) is 4.74 Å². The molecule has 0 saturated carbocycles. The van der Waals surface area contributed by atoms with Gasteiger partial charge in [-0.15, -0.1) is 4.40 Å². The number of carbonyl (C=O) groups excluding carboxylic acids is 2. The van der Waals surface area contributed by atoms with E-state index in [1.807, 2.05) is 4.90 Å². The summed E-state index contributed by atoms with van der Waals surface area (Å²) in [7, 11) is -1.95. The average Bonchev–Trinajstić information content (AvgIpc) is 3.02. The van der Waals surface area contributed by atoms with E-state index < -0.39 is 10.0 Å². The predicted molar refractivity (Wildman–Crippen MR) is 116 cm³/mol. The second-order valence-electron chi connectivity index (χ2n) is 6.65. The van der Waals surface area contributed by atoms with E-state index in [0.717, 1.165) is 10.6 Å². The highest BCUT2D eigenvalue weighted by molar-refractivity contribution is 8.15. The summed E-state index contributed by atoms with van der Waals surface area (Å²) in [4.78, 5) is 26.7. The Kier molecular flexibility index (Phi) is 5.16. The second-order valence-corrected chi connectivity index (χ2v) is 9.41. The van der Waals surface area contributed by atoms with Gasteiger partial charge >= 0.3 is 0 Å². The zero-order valence-electron chi connectivity index (χ0n) is 16.1. The van der Waals surface area contributed by atoms with Gasteiger partial charge in [0.15, 0.2) is 5.17 Å². The van der Waals surface area contributed by atoms with Crippen molar-refractivity contribution in [1.82, 2.24) is 0 Å². The monoisotopic (exact) mass is 446 g/mol. The molecule has 2 aromatic carbocycles. The van der Waals surface area contributed by atoms with Gasteiger partial charge in [0.2, 0.25) is 5.91 Å². The van der Waals surface area contributed by atoms with Crippen LogP contribution in [0, 0.1) is 0 Å². The number of rotatable bonds is 4. The van der Waals surface area contributed by atoms with Gasteiger partial charge in [0.1, 0.15) is 5.75 Å². The molecule has 9 nitrogen and oxygen atoms in total. The van der Waals surface area contributed by atoms with Crippen LogP contribution in [0.3, 0.4) is 0 Å². The molecule has 0 saturated heterocycles. The van der Waals surface area contributed by atoms with E-state index in [2.05, 4.69) is 15.0 Å². The van der Waals surface area contributed by atoms with Gasteiger partial charge in [-0.25, -0.2) is 8.42 Å². The Bertz CT molecular complexity index is 1190. The van der Waals surface area contributed by atoms with Gasteiger partial charge < -0.3 is 20.3 Å². The fraction of sp³-hybridized carbons (Fsp3) is 0.211. The minimum absolute atomic E-state index is 0.0385. The van der Waals surface area contributed by atoms with Gasteiger partial charge in [0.05, 0.1) is 24.2 Å². The Morgan fingerprint density at radius 2 is 1.97 bits per heavy atom. The van der Waals surface area contributed by atoms with Crippen molar-refractivity contribution in [3.63, 3.8) is 0 Å². The van der Waals surface area contributed by atoms with Crippen LogP contribution < -0.4 is 20.3 Å². The lowest BCUT2D eigenvalue weighted by atomic mass is 10.1. The third-order valence-corrected chi connectivity index (χ3v) is 6.81.